The van der Waals surface area contributed by atoms with Gasteiger partial charge in [-0.25, -0.2) is 14.8 Å². The Morgan fingerprint density at radius 1 is 1.00 bits per heavy atom. The molecule has 2 aromatic heterocycles. The number of para-hydroxylation sites is 1. The number of hydrogen-bond acceptors (Lipinski definition) is 6. The van der Waals surface area contributed by atoms with Crippen molar-refractivity contribution in [2.24, 2.45) is 0 Å². The van der Waals surface area contributed by atoms with E-state index in [4.69, 9.17) is 0 Å². The van der Waals surface area contributed by atoms with Crippen LogP contribution in [0.15, 0.2) is 73.3 Å². The Hall–Kier alpha value is -4.33. The number of carbonyl (C=O) groups excluding carboxylic acids is 1. The Bertz CT molecular complexity index is 1230. The Balaban J connectivity index is 1.53. The molecule has 2 aromatic carbocycles. The number of rotatable bonds is 6. The van der Waals surface area contributed by atoms with E-state index >= 15 is 0 Å². The number of carboxylic acid groups (broad SMARTS) is 1. The molecule has 4 aromatic rings. The predicted octanol–water partition coefficient (Wildman–Crippen LogP) is 3.40. The SMILES string of the molecule is O=C(NCc1cccc(Nc2ncnc3c(C(=O)O)cccc23)c1)c1cccnc1. The normalized spacial score (nSPS) is 10.5. The molecule has 0 spiro atoms. The maximum atomic E-state index is 12.2. The minimum Gasteiger partial charge on any atom is -0.478 e. The van der Waals surface area contributed by atoms with E-state index < -0.39 is 5.97 Å². The number of aromatic carboxylic acids is 1. The number of nitrogens with one attached hydrogen (secondary N) is 2. The number of benzene rings is 2. The molecule has 0 saturated heterocycles. The highest BCUT2D eigenvalue weighted by molar-refractivity contribution is 6.04. The summed E-state index contributed by atoms with van der Waals surface area (Å²) in [5.41, 5.74) is 2.62. The first-order valence-electron chi connectivity index (χ1n) is 9.13. The van der Waals surface area contributed by atoms with E-state index in [1.165, 1.54) is 18.6 Å². The molecule has 0 aliphatic heterocycles. The lowest BCUT2D eigenvalue weighted by Crippen LogP contribution is -2.22. The van der Waals surface area contributed by atoms with Gasteiger partial charge in [0.25, 0.3) is 5.91 Å². The first-order valence-corrected chi connectivity index (χ1v) is 9.13. The minimum absolute atomic E-state index is 0.116. The smallest absolute Gasteiger partial charge is 0.337 e. The van der Waals surface area contributed by atoms with Crippen LogP contribution >= 0.6 is 0 Å². The van der Waals surface area contributed by atoms with Crippen LogP contribution in [0.4, 0.5) is 11.5 Å². The van der Waals surface area contributed by atoms with Crippen LogP contribution in [0.25, 0.3) is 10.9 Å². The second-order valence-corrected chi connectivity index (χ2v) is 6.48. The molecule has 0 aliphatic rings. The summed E-state index contributed by atoms with van der Waals surface area (Å²) in [4.78, 5) is 35.9. The average molecular weight is 399 g/mol. The number of amides is 1. The van der Waals surface area contributed by atoms with E-state index in [0.717, 1.165) is 11.3 Å². The largest absolute Gasteiger partial charge is 0.478 e. The van der Waals surface area contributed by atoms with E-state index in [1.54, 1.807) is 30.5 Å². The lowest BCUT2D eigenvalue weighted by molar-refractivity contribution is 0.0698. The molecule has 0 atom stereocenters. The van der Waals surface area contributed by atoms with Crippen LogP contribution in [0.1, 0.15) is 26.3 Å². The van der Waals surface area contributed by atoms with Crippen LogP contribution in [0.2, 0.25) is 0 Å². The van der Waals surface area contributed by atoms with Gasteiger partial charge in [0, 0.05) is 30.0 Å². The third kappa shape index (κ3) is 4.07. The van der Waals surface area contributed by atoms with Gasteiger partial charge in [-0.2, -0.15) is 0 Å². The van der Waals surface area contributed by atoms with Gasteiger partial charge in [-0.3, -0.25) is 9.78 Å². The molecule has 0 radical (unpaired) electrons. The van der Waals surface area contributed by atoms with Gasteiger partial charge in [-0.1, -0.05) is 18.2 Å². The van der Waals surface area contributed by atoms with Crippen molar-refractivity contribution in [2.45, 2.75) is 6.54 Å². The summed E-state index contributed by atoms with van der Waals surface area (Å²) >= 11 is 0. The molecular weight excluding hydrogens is 382 g/mol. The fourth-order valence-corrected chi connectivity index (χ4v) is 3.04. The number of pyridine rings is 1. The molecule has 4 rings (SSSR count). The maximum Gasteiger partial charge on any atom is 0.337 e. The third-order valence-electron chi connectivity index (χ3n) is 4.46. The summed E-state index contributed by atoms with van der Waals surface area (Å²) in [7, 11) is 0. The maximum absolute atomic E-state index is 12.2. The minimum atomic E-state index is -1.04. The van der Waals surface area contributed by atoms with Crippen molar-refractivity contribution in [2.75, 3.05) is 5.32 Å². The van der Waals surface area contributed by atoms with Crippen molar-refractivity contribution in [3.8, 4) is 0 Å². The van der Waals surface area contributed by atoms with Crippen molar-refractivity contribution < 1.29 is 14.7 Å². The van der Waals surface area contributed by atoms with Crippen LogP contribution in [-0.2, 0) is 6.54 Å². The van der Waals surface area contributed by atoms with Gasteiger partial charge in [0.05, 0.1) is 16.6 Å². The van der Waals surface area contributed by atoms with Gasteiger partial charge in [0.2, 0.25) is 0 Å². The zero-order valence-corrected chi connectivity index (χ0v) is 15.7. The lowest BCUT2D eigenvalue weighted by Gasteiger charge is -2.11. The second kappa shape index (κ2) is 8.36. The Morgan fingerprint density at radius 2 is 1.87 bits per heavy atom. The van der Waals surface area contributed by atoms with E-state index in [0.29, 0.717) is 28.8 Å². The number of carbonyl (C=O) groups is 2. The van der Waals surface area contributed by atoms with E-state index in [-0.39, 0.29) is 11.5 Å². The fraction of sp³-hybridized carbons (Fsp3) is 0.0455. The van der Waals surface area contributed by atoms with Crippen molar-refractivity contribution in [1.29, 1.82) is 0 Å². The van der Waals surface area contributed by atoms with Gasteiger partial charge >= 0.3 is 5.97 Å². The van der Waals surface area contributed by atoms with E-state index in [2.05, 4.69) is 25.6 Å². The van der Waals surface area contributed by atoms with Crippen molar-refractivity contribution in [3.05, 3.63) is 90.0 Å². The highest BCUT2D eigenvalue weighted by Crippen LogP contribution is 2.25. The Kier molecular flexibility index (Phi) is 5.29. The van der Waals surface area contributed by atoms with Crippen LogP contribution < -0.4 is 10.6 Å². The van der Waals surface area contributed by atoms with Crippen molar-refractivity contribution >= 4 is 34.3 Å². The first kappa shape index (κ1) is 19.0. The first-order chi connectivity index (χ1) is 14.6. The molecule has 0 aliphatic carbocycles. The van der Waals surface area contributed by atoms with Gasteiger partial charge in [0.1, 0.15) is 12.1 Å². The average Bonchev–Trinajstić information content (AvgIpc) is 2.78. The lowest BCUT2D eigenvalue weighted by atomic mass is 10.1. The summed E-state index contributed by atoms with van der Waals surface area (Å²) in [6.07, 6.45) is 4.45. The number of nitrogens with zero attached hydrogens (tertiary/aromatic N) is 3. The van der Waals surface area contributed by atoms with Crippen LogP contribution in [0.3, 0.4) is 0 Å². The molecule has 0 unspecified atom stereocenters. The molecule has 0 fully saturated rings. The third-order valence-corrected chi connectivity index (χ3v) is 4.46. The van der Waals surface area contributed by atoms with Crippen LogP contribution in [0.5, 0.6) is 0 Å². The fourth-order valence-electron chi connectivity index (χ4n) is 3.04. The molecule has 8 heteroatoms. The van der Waals surface area contributed by atoms with Gasteiger partial charge in [-0.15, -0.1) is 0 Å². The number of aromatic nitrogens is 3. The monoisotopic (exact) mass is 399 g/mol. The molecule has 30 heavy (non-hydrogen) atoms. The van der Waals surface area contributed by atoms with Crippen LogP contribution in [-0.4, -0.2) is 31.9 Å². The van der Waals surface area contributed by atoms with Gasteiger partial charge in [0.15, 0.2) is 0 Å². The summed E-state index contributed by atoms with van der Waals surface area (Å²) in [6.45, 7) is 0.344. The van der Waals surface area contributed by atoms with E-state index in [1.807, 2.05) is 24.3 Å². The summed E-state index contributed by atoms with van der Waals surface area (Å²) < 4.78 is 0. The van der Waals surface area contributed by atoms with Crippen LogP contribution in [0, 0.1) is 0 Å². The molecule has 0 saturated carbocycles. The summed E-state index contributed by atoms with van der Waals surface area (Å²) in [5.74, 6) is -0.749. The van der Waals surface area contributed by atoms with Crippen molar-refractivity contribution in [1.82, 2.24) is 20.3 Å². The number of hydrogen-bond donors (Lipinski definition) is 3. The Morgan fingerprint density at radius 3 is 2.67 bits per heavy atom. The second-order valence-electron chi connectivity index (χ2n) is 6.48. The molecule has 3 N–H and O–H groups in total. The molecular formula is C22H17N5O3. The molecule has 2 heterocycles. The summed E-state index contributed by atoms with van der Waals surface area (Å²) in [5, 5.41) is 16.0. The van der Waals surface area contributed by atoms with E-state index in [9.17, 15) is 14.7 Å². The topological polar surface area (TPSA) is 117 Å². The number of carboxylic acids is 1. The highest BCUT2D eigenvalue weighted by atomic mass is 16.4. The van der Waals surface area contributed by atoms with Crippen molar-refractivity contribution in [3.63, 3.8) is 0 Å². The molecule has 8 nitrogen and oxygen atoms in total. The molecule has 1 amide bonds. The van der Waals surface area contributed by atoms with Gasteiger partial charge < -0.3 is 15.7 Å². The zero-order valence-electron chi connectivity index (χ0n) is 15.7. The standard InChI is InChI=1S/C22H17N5O3/c28-21(15-5-3-9-23-12-15)24-11-14-4-1-6-16(10-14)27-20-17-7-2-8-18(22(29)30)19(17)25-13-26-20/h1-10,12-13H,11H2,(H,24,28)(H,29,30)(H,25,26,27). The highest BCUT2D eigenvalue weighted by Gasteiger charge is 2.12. The zero-order chi connectivity index (χ0) is 20.9. The predicted molar refractivity (Wildman–Crippen MR) is 112 cm³/mol. The molecule has 0 bridgehead atoms. The van der Waals surface area contributed by atoms with Gasteiger partial charge in [-0.05, 0) is 42.0 Å². The quantitative estimate of drug-likeness (QED) is 0.455. The number of anilines is 2. The number of fused-ring (bicyclic) bond motifs is 1. The Labute approximate surface area is 171 Å². The summed E-state index contributed by atoms with van der Waals surface area (Å²) in [6, 6.07) is 15.8. The molecule has 148 valence electrons.